The van der Waals surface area contributed by atoms with E-state index in [1.807, 2.05) is 38.1 Å². The fraction of sp³-hybridized carbons (Fsp3) is 0.333. The molecule has 0 unspecified atom stereocenters. The van der Waals surface area contributed by atoms with E-state index in [2.05, 4.69) is 17.1 Å². The van der Waals surface area contributed by atoms with Crippen LogP contribution >= 0.6 is 11.3 Å². The lowest BCUT2D eigenvalue weighted by molar-refractivity contribution is 0.0970. The van der Waals surface area contributed by atoms with Crippen LogP contribution in [0.3, 0.4) is 0 Å². The Balaban J connectivity index is 1.60. The Morgan fingerprint density at radius 2 is 1.83 bits per heavy atom. The third kappa shape index (κ3) is 4.23. The lowest BCUT2D eigenvalue weighted by Crippen LogP contribution is -2.29. The molecule has 0 N–H and O–H groups in total. The zero-order valence-electron chi connectivity index (χ0n) is 20.0. The zero-order valence-corrected chi connectivity index (χ0v) is 20.8. The molecule has 0 spiro atoms. The predicted octanol–water partition coefficient (Wildman–Crippen LogP) is 6.09. The topological polar surface area (TPSA) is 85.5 Å². The van der Waals surface area contributed by atoms with Gasteiger partial charge in [-0.05, 0) is 36.2 Å². The van der Waals surface area contributed by atoms with E-state index < -0.39 is 6.04 Å². The van der Waals surface area contributed by atoms with Gasteiger partial charge >= 0.3 is 0 Å². The van der Waals surface area contributed by atoms with E-state index in [0.29, 0.717) is 28.3 Å². The van der Waals surface area contributed by atoms with Gasteiger partial charge in [0, 0.05) is 5.92 Å². The number of fused-ring (bicyclic) bond motifs is 2. The molecule has 35 heavy (non-hydrogen) atoms. The second kappa shape index (κ2) is 9.62. The number of para-hydroxylation sites is 1. The van der Waals surface area contributed by atoms with Crippen molar-refractivity contribution in [2.24, 2.45) is 0 Å². The first kappa shape index (κ1) is 23.2. The molecule has 5 rings (SSSR count). The molecule has 3 heterocycles. The van der Waals surface area contributed by atoms with E-state index in [4.69, 9.17) is 9.15 Å². The van der Waals surface area contributed by atoms with Crippen LogP contribution in [0.1, 0.15) is 78.7 Å². The summed E-state index contributed by atoms with van der Waals surface area (Å²) in [6.45, 7) is 6.87. The van der Waals surface area contributed by atoms with Gasteiger partial charge < -0.3 is 9.15 Å². The maximum atomic E-state index is 13.6. The summed E-state index contributed by atoms with van der Waals surface area (Å²) in [5.41, 5.74) is 1.28. The Morgan fingerprint density at radius 3 is 2.54 bits per heavy atom. The molecule has 1 amide bonds. The average Bonchev–Trinajstić information content (AvgIpc) is 3.46. The molecule has 0 radical (unpaired) electrons. The number of rotatable bonds is 8. The highest BCUT2D eigenvalue weighted by Gasteiger charge is 2.45. The van der Waals surface area contributed by atoms with Gasteiger partial charge in [0.1, 0.15) is 16.3 Å². The van der Waals surface area contributed by atoms with E-state index in [-0.39, 0.29) is 23.0 Å². The summed E-state index contributed by atoms with van der Waals surface area (Å²) in [6, 6.07) is 13.9. The monoisotopic (exact) mass is 489 g/mol. The van der Waals surface area contributed by atoms with E-state index >= 15 is 0 Å². The lowest BCUT2D eigenvalue weighted by atomic mass is 9.98. The Kier molecular flexibility index (Phi) is 6.38. The lowest BCUT2D eigenvalue weighted by Gasteiger charge is -2.22. The minimum atomic E-state index is -0.666. The van der Waals surface area contributed by atoms with E-state index in [1.165, 1.54) is 16.2 Å². The van der Waals surface area contributed by atoms with Gasteiger partial charge in [0.05, 0.1) is 23.6 Å². The van der Waals surface area contributed by atoms with Gasteiger partial charge in [0.2, 0.25) is 10.9 Å². The van der Waals surface area contributed by atoms with Crippen LogP contribution in [0.4, 0.5) is 5.13 Å². The van der Waals surface area contributed by atoms with Crippen LogP contribution in [0.2, 0.25) is 0 Å². The Labute approximate surface area is 207 Å². The summed E-state index contributed by atoms with van der Waals surface area (Å²) >= 11 is 1.35. The second-order valence-corrected chi connectivity index (χ2v) is 9.94. The first-order chi connectivity index (χ1) is 17.0. The fourth-order valence-corrected chi connectivity index (χ4v) is 5.15. The Bertz CT molecular complexity index is 1420. The summed E-state index contributed by atoms with van der Waals surface area (Å²) in [6.07, 6.45) is 3.26. The average molecular weight is 490 g/mol. The summed E-state index contributed by atoms with van der Waals surface area (Å²) in [5, 5.41) is 10.3. The van der Waals surface area contributed by atoms with E-state index in [9.17, 15) is 9.59 Å². The van der Waals surface area contributed by atoms with Crippen LogP contribution in [0, 0.1) is 0 Å². The van der Waals surface area contributed by atoms with Gasteiger partial charge in [-0.15, -0.1) is 10.2 Å². The van der Waals surface area contributed by atoms with Crippen molar-refractivity contribution in [1.82, 2.24) is 10.2 Å². The Morgan fingerprint density at radius 1 is 1.06 bits per heavy atom. The van der Waals surface area contributed by atoms with Crippen molar-refractivity contribution < 1.29 is 13.9 Å². The van der Waals surface area contributed by atoms with Crippen LogP contribution in [-0.2, 0) is 0 Å². The third-order valence-corrected chi connectivity index (χ3v) is 7.34. The summed E-state index contributed by atoms with van der Waals surface area (Å²) in [4.78, 5) is 28.8. The maximum absolute atomic E-state index is 13.6. The smallest absolute Gasteiger partial charge is 0.297 e. The van der Waals surface area contributed by atoms with Crippen LogP contribution < -0.4 is 15.1 Å². The highest BCUT2D eigenvalue weighted by Crippen LogP contribution is 2.43. The predicted molar refractivity (Wildman–Crippen MR) is 137 cm³/mol. The first-order valence-corrected chi connectivity index (χ1v) is 12.8. The number of amides is 1. The number of anilines is 1. The number of hydrogen-bond donors (Lipinski definition) is 0. The van der Waals surface area contributed by atoms with Crippen molar-refractivity contribution in [2.45, 2.75) is 52.0 Å². The first-order valence-electron chi connectivity index (χ1n) is 11.9. The van der Waals surface area contributed by atoms with Crippen LogP contribution in [0.5, 0.6) is 5.75 Å². The molecule has 180 valence electrons. The van der Waals surface area contributed by atoms with Gasteiger partial charge in [0.25, 0.3) is 5.91 Å². The molecular weight excluding hydrogens is 462 g/mol. The molecule has 8 heteroatoms. The number of ether oxygens (including phenoxy) is 1. The highest BCUT2D eigenvalue weighted by atomic mass is 32.1. The van der Waals surface area contributed by atoms with Crippen molar-refractivity contribution >= 4 is 33.3 Å². The van der Waals surface area contributed by atoms with E-state index in [1.54, 1.807) is 24.3 Å². The minimum absolute atomic E-state index is 0.0555. The molecule has 0 fully saturated rings. The molecular formula is C27H27N3O4S. The summed E-state index contributed by atoms with van der Waals surface area (Å²) in [5.74, 6) is 0.592. The van der Waals surface area contributed by atoms with Gasteiger partial charge in [-0.1, -0.05) is 69.2 Å². The zero-order chi connectivity index (χ0) is 24.5. The van der Waals surface area contributed by atoms with Crippen molar-refractivity contribution in [1.29, 1.82) is 0 Å². The molecule has 1 aliphatic heterocycles. The van der Waals surface area contributed by atoms with Gasteiger partial charge in [-0.3, -0.25) is 14.5 Å². The number of aromatic nitrogens is 2. The van der Waals surface area contributed by atoms with Crippen LogP contribution in [0.25, 0.3) is 11.0 Å². The molecule has 0 saturated carbocycles. The molecule has 1 aliphatic rings. The highest BCUT2D eigenvalue weighted by molar-refractivity contribution is 7.15. The molecule has 1 atom stereocenters. The largest absolute Gasteiger partial charge is 0.494 e. The molecule has 4 aromatic rings. The molecule has 0 saturated heterocycles. The normalized spacial score (nSPS) is 15.3. The molecule has 2 aromatic heterocycles. The number of carbonyl (C=O) groups is 1. The molecule has 2 aromatic carbocycles. The van der Waals surface area contributed by atoms with Crippen molar-refractivity contribution in [3.63, 3.8) is 0 Å². The Hall–Kier alpha value is -3.52. The standard InChI is InChI=1S/C27H27N3O4S/c1-4-5-8-15-33-18-13-11-17(12-14-18)22-21-23(31)19-9-6-7-10-20(19)34-24(21)26(32)30(22)27-29-28-25(35-27)16(2)3/h6-7,9-14,16,22H,4-5,8,15H2,1-3H3/t22-/m0/s1. The number of hydrogen-bond acceptors (Lipinski definition) is 7. The number of nitrogens with zero attached hydrogens (tertiary/aromatic N) is 3. The molecule has 0 bridgehead atoms. The maximum Gasteiger partial charge on any atom is 0.297 e. The van der Waals surface area contributed by atoms with Crippen molar-refractivity contribution in [3.8, 4) is 5.75 Å². The van der Waals surface area contributed by atoms with E-state index in [0.717, 1.165) is 35.6 Å². The van der Waals surface area contributed by atoms with Crippen LogP contribution in [0.15, 0.2) is 57.7 Å². The second-order valence-electron chi connectivity index (χ2n) is 8.95. The molecule has 0 aliphatic carbocycles. The SMILES string of the molecule is CCCCCOc1ccc([C@H]2c3c(oc4ccccc4c3=O)C(=O)N2c2nnc(C(C)C)s2)cc1. The van der Waals surface area contributed by atoms with Crippen molar-refractivity contribution in [3.05, 3.63) is 80.6 Å². The van der Waals surface area contributed by atoms with Crippen LogP contribution in [-0.4, -0.2) is 22.7 Å². The number of benzene rings is 2. The molecule has 7 nitrogen and oxygen atoms in total. The number of carbonyl (C=O) groups excluding carboxylic acids is 1. The van der Waals surface area contributed by atoms with Crippen molar-refractivity contribution in [2.75, 3.05) is 11.5 Å². The third-order valence-electron chi connectivity index (χ3n) is 6.12. The quantitative estimate of drug-likeness (QED) is 0.279. The minimum Gasteiger partial charge on any atom is -0.494 e. The van der Waals surface area contributed by atoms with Gasteiger partial charge in [-0.2, -0.15) is 0 Å². The van der Waals surface area contributed by atoms with Gasteiger partial charge in [0.15, 0.2) is 5.43 Å². The van der Waals surface area contributed by atoms with Gasteiger partial charge in [-0.25, -0.2) is 0 Å². The summed E-state index contributed by atoms with van der Waals surface area (Å²) < 4.78 is 11.9. The number of unbranched alkanes of at least 4 members (excludes halogenated alkanes) is 2. The fourth-order valence-electron chi connectivity index (χ4n) is 4.28. The summed E-state index contributed by atoms with van der Waals surface area (Å²) in [7, 11) is 0.